The lowest BCUT2D eigenvalue weighted by Gasteiger charge is -2.30. The number of carbonyl (C=O) groups is 4. The number of alkyl halides is 2. The zero-order valence-corrected chi connectivity index (χ0v) is 66.4. The maximum Gasteiger partial charge on any atom is 0.280 e. The van der Waals surface area contributed by atoms with Gasteiger partial charge < -0.3 is 78.3 Å². The Morgan fingerprint density at radius 1 is 0.547 bits per heavy atom. The maximum atomic E-state index is 13.5. The zero-order chi connectivity index (χ0) is 86.0. The Hall–Kier alpha value is -11.1. The summed E-state index contributed by atoms with van der Waals surface area (Å²) in [6, 6.07) is 15.0. The molecule has 0 radical (unpaired) electrons. The van der Waals surface area contributed by atoms with Crippen molar-refractivity contribution in [2.45, 2.75) is 95.1 Å². The molecule has 4 aliphatic rings. The van der Waals surface area contributed by atoms with E-state index in [2.05, 4.69) is 50.3 Å². The fourth-order valence-electron chi connectivity index (χ4n) is 12.5. The number of aliphatic hydroxyl groups is 3. The maximum absolute atomic E-state index is 13.5. The van der Waals surface area contributed by atoms with E-state index in [9.17, 15) is 98.9 Å². The van der Waals surface area contributed by atoms with Gasteiger partial charge in [0.25, 0.3) is 30.1 Å². The van der Waals surface area contributed by atoms with E-state index in [0.717, 1.165) is 48.7 Å². The van der Waals surface area contributed by atoms with E-state index >= 15 is 0 Å². The van der Waals surface area contributed by atoms with Crippen molar-refractivity contribution < 1.29 is 122 Å². The predicted octanol–water partition coefficient (Wildman–Crippen LogP) is 5.42. The number of pyridine rings is 1. The van der Waals surface area contributed by atoms with Gasteiger partial charge in [-0.25, -0.2) is 73.8 Å². The second kappa shape index (κ2) is 34.2. The number of nitrogens with zero attached hydrogens (tertiary/aromatic N) is 7. The number of nitrogens with one attached hydrogen (secondary N) is 8. The van der Waals surface area contributed by atoms with Gasteiger partial charge in [-0.05, 0) is 95.1 Å². The molecular formula is C71H76F7N15O20S4. The number of aromatic nitrogens is 6. The first-order valence-electron chi connectivity index (χ1n) is 34.4. The average Bonchev–Trinajstić information content (AvgIpc) is 1.62. The number of anilines is 4. The molecule has 6 aromatic heterocycles. The Balaban J connectivity index is 0.000000165. The van der Waals surface area contributed by atoms with Crippen LogP contribution in [-0.2, 0) is 85.9 Å². The highest BCUT2D eigenvalue weighted by molar-refractivity contribution is 7.90. The molecule has 0 bridgehead atoms. The van der Waals surface area contributed by atoms with Gasteiger partial charge in [-0.3, -0.25) is 24.2 Å². The molecule has 3 aromatic carbocycles. The molecule has 117 heavy (non-hydrogen) atoms. The van der Waals surface area contributed by atoms with Gasteiger partial charge in [-0.15, -0.1) is 0 Å². The van der Waals surface area contributed by atoms with Gasteiger partial charge in [-0.1, -0.05) is 5.16 Å². The Labute approximate surface area is 663 Å². The third kappa shape index (κ3) is 19.5. The second-order valence-corrected chi connectivity index (χ2v) is 34.8. The smallest absolute Gasteiger partial charge is 0.280 e. The molecule has 4 atom stereocenters. The highest BCUT2D eigenvalue weighted by Gasteiger charge is 2.45. The van der Waals surface area contributed by atoms with Crippen molar-refractivity contribution in [2.24, 2.45) is 28.2 Å². The van der Waals surface area contributed by atoms with Gasteiger partial charge in [-0.2, -0.15) is 14.7 Å². The Kier molecular flexibility index (Phi) is 25.8. The number of ether oxygens (including phenoxy) is 4. The summed E-state index contributed by atoms with van der Waals surface area (Å²) in [5, 5.41) is 51.3. The number of amides is 4. The first kappa shape index (κ1) is 88.3. The van der Waals surface area contributed by atoms with Crippen LogP contribution in [0.1, 0.15) is 104 Å². The van der Waals surface area contributed by atoms with E-state index in [1.165, 1.54) is 116 Å². The molecule has 0 aliphatic carbocycles. The molecule has 46 heteroatoms. The van der Waals surface area contributed by atoms with Crippen molar-refractivity contribution in [3.8, 4) is 23.3 Å². The SMILES string of the molecule is COCC1(CO)CCc2c(cn(C)c2C(=O)Nc2ccc(F)c(F)c2)S(=O)(=O)N1.Cc1cc(CC2(C)COc3c(cn(C)c3C(=O)Nc3ccnc(C(F)F)c3)S(=O)(=O)N2)no1.Cn1cc2c(c1C(=O)Nc1ccc(F)c(C#N)c1)OCC(C)(CO)NS2(=O)=O.Cn1cc2c(c1C(=O)Nc1ccc(F)c(F)c1)OCC(C)(CO)NS2(=O)=O. The monoisotopic (exact) mass is 1720 g/mol. The topological polar surface area (TPSA) is 481 Å². The second-order valence-electron chi connectivity index (χ2n) is 28.2. The summed E-state index contributed by atoms with van der Waals surface area (Å²) in [5.74, 6) is -7.87. The molecule has 4 amide bonds. The summed E-state index contributed by atoms with van der Waals surface area (Å²) in [6.45, 7) is 4.25. The molecule has 11 N–H and O–H groups in total. The first-order chi connectivity index (χ1) is 54.8. The molecule has 4 aliphatic heterocycles. The number of aliphatic hydroxyl groups excluding tert-OH is 3. The molecule has 35 nitrogen and oxygen atoms in total. The fraction of sp³-hybridized carbons (Fsp3) is 0.338. The largest absolute Gasteiger partial charge is 0.488 e. The number of halogens is 7. The summed E-state index contributed by atoms with van der Waals surface area (Å²) >= 11 is 0. The van der Waals surface area contributed by atoms with E-state index in [1.54, 1.807) is 26.0 Å². The molecule has 10 heterocycles. The van der Waals surface area contributed by atoms with Crippen molar-refractivity contribution in [1.82, 2.24) is 47.3 Å². The van der Waals surface area contributed by atoms with Crippen LogP contribution in [0.3, 0.4) is 0 Å². The van der Waals surface area contributed by atoms with Crippen LogP contribution in [0.15, 0.2) is 128 Å². The van der Waals surface area contributed by atoms with E-state index in [0.29, 0.717) is 11.5 Å². The standard InChI is InChI=1S/C20H21F2N5O5S.C18H21F2N3O5S.C17H17FN4O5S.C16H17F2N3O5S/c1-11-6-13(25-32-11)8-20(2)10-31-17-15(33(29,30)26-20)9-27(3)16(17)19(28)24-12-4-5-23-14(7-12)18(21)22;1-23-8-15-12(5-6-18(9-24,10-28-2)22-29(15,26)27)16(23)17(25)21-11-3-4-13(19)14(20)7-11;1-17(8-23)9-27-15-13(28(25,26)21-17)7-22(2)14(15)16(24)20-11-3-4-12(18)10(5-11)6-19;1-16(7-22)8-26-14-12(27(24,25)20-16)6-21(2)13(14)15(23)19-9-3-4-10(17)11(18)5-9/h4-7,9,18,26H,8,10H2,1-3H3,(H,23,24,28);3-4,7-8,22,24H,5-6,9-10H2,1-2H3,(H,21,25);3-5,7,21,23H,8-9H2,1-2H3,(H,20,24);3-6,20,22H,7-8H2,1-2H3,(H,19,23). The van der Waals surface area contributed by atoms with Gasteiger partial charge in [0.1, 0.15) is 68.4 Å². The summed E-state index contributed by atoms with van der Waals surface area (Å²) in [5.41, 5.74) is -4.69. The van der Waals surface area contributed by atoms with Crippen LogP contribution in [0.25, 0.3) is 0 Å². The molecule has 13 rings (SSSR count). The van der Waals surface area contributed by atoms with Crippen molar-refractivity contribution >= 4 is 86.5 Å². The summed E-state index contributed by atoms with van der Waals surface area (Å²) in [7, 11) is -8.92. The lowest BCUT2D eigenvalue weighted by atomic mass is 9.94. The van der Waals surface area contributed by atoms with Crippen LogP contribution in [0.4, 0.5) is 53.5 Å². The molecule has 628 valence electrons. The molecule has 0 saturated heterocycles. The highest BCUT2D eigenvalue weighted by atomic mass is 32.2. The number of rotatable bonds is 16. The van der Waals surface area contributed by atoms with Gasteiger partial charge in [0, 0.05) is 119 Å². The lowest BCUT2D eigenvalue weighted by molar-refractivity contribution is 0.0720. The van der Waals surface area contributed by atoms with Crippen molar-refractivity contribution in [3.05, 3.63) is 184 Å². The molecule has 9 aromatic rings. The van der Waals surface area contributed by atoms with Gasteiger partial charge in [0.15, 0.2) is 57.6 Å². The number of carbonyl (C=O) groups excluding carboxylic acids is 4. The first-order valence-corrected chi connectivity index (χ1v) is 40.3. The number of methoxy groups -OCH3 is 1. The van der Waals surface area contributed by atoms with Crippen LogP contribution >= 0.6 is 0 Å². The third-order valence-corrected chi connectivity index (χ3v) is 24.7. The normalized spacial score (nSPS) is 20.4. The number of hydrogen-bond donors (Lipinski definition) is 11. The van der Waals surface area contributed by atoms with E-state index in [4.69, 9.17) is 28.7 Å². The van der Waals surface area contributed by atoms with Crippen molar-refractivity contribution in [1.29, 1.82) is 5.26 Å². The van der Waals surface area contributed by atoms with E-state index in [1.807, 2.05) is 0 Å². The number of benzene rings is 3. The molecule has 0 saturated carbocycles. The van der Waals surface area contributed by atoms with Gasteiger partial charge >= 0.3 is 0 Å². The Morgan fingerprint density at radius 2 is 0.940 bits per heavy atom. The van der Waals surface area contributed by atoms with Gasteiger partial charge in [0.2, 0.25) is 40.1 Å². The summed E-state index contributed by atoms with van der Waals surface area (Å²) in [4.78, 5) is 53.9. The molecule has 4 unspecified atom stereocenters. The fourth-order valence-corrected chi connectivity index (χ4v) is 19.0. The Bertz CT molecular complexity index is 5920. The quantitative estimate of drug-likeness (QED) is 0.0538. The van der Waals surface area contributed by atoms with E-state index < -0.39 is 147 Å². The number of sulfonamides is 4. The zero-order valence-electron chi connectivity index (χ0n) is 63.2. The lowest BCUT2D eigenvalue weighted by Crippen LogP contribution is -2.53. The van der Waals surface area contributed by atoms with Crippen molar-refractivity contribution in [3.63, 3.8) is 0 Å². The van der Waals surface area contributed by atoms with Crippen LogP contribution in [-0.4, -0.2) is 177 Å². The molecular weight excluding hydrogens is 1640 g/mol. The van der Waals surface area contributed by atoms with Crippen LogP contribution in [0, 0.1) is 47.3 Å². The van der Waals surface area contributed by atoms with Gasteiger partial charge in [0.05, 0.1) is 59.8 Å². The van der Waals surface area contributed by atoms with Crippen LogP contribution in [0.2, 0.25) is 0 Å². The third-order valence-electron chi connectivity index (χ3n) is 18.2. The number of hydrogen-bond acceptors (Lipinski definition) is 23. The van der Waals surface area contributed by atoms with Crippen molar-refractivity contribution in [2.75, 3.05) is 74.6 Å². The predicted molar refractivity (Wildman–Crippen MR) is 399 cm³/mol. The van der Waals surface area contributed by atoms with Crippen LogP contribution < -0.4 is 54.4 Å². The molecule has 0 fully saturated rings. The number of fused-ring (bicyclic) bond motifs is 4. The minimum atomic E-state index is -4.07. The summed E-state index contributed by atoms with van der Waals surface area (Å²) < 4.78 is 236. The minimum Gasteiger partial charge on any atom is -0.488 e. The number of aryl methyl sites for hydroxylation is 5. The van der Waals surface area contributed by atoms with Crippen LogP contribution in [0.5, 0.6) is 17.2 Å². The minimum absolute atomic E-state index is 0.0105. The number of nitriles is 1. The average molecular weight is 1720 g/mol. The summed E-state index contributed by atoms with van der Waals surface area (Å²) in [6.07, 6.45) is 3.88. The highest BCUT2D eigenvalue weighted by Crippen LogP contribution is 2.40. The Morgan fingerprint density at radius 3 is 1.34 bits per heavy atom. The van der Waals surface area contributed by atoms with E-state index in [-0.39, 0.29) is 139 Å². The molecule has 0 spiro atoms.